The molecule has 1 heterocycles. The zero-order chi connectivity index (χ0) is 13.1. The van der Waals surface area contributed by atoms with E-state index < -0.39 is 0 Å². The van der Waals surface area contributed by atoms with Gasteiger partial charge in [-0.25, -0.2) is 4.68 Å². The minimum atomic E-state index is -0.168. The fourth-order valence-corrected chi connectivity index (χ4v) is 1.83. The Balaban J connectivity index is 2.49. The van der Waals surface area contributed by atoms with Crippen LogP contribution in [-0.2, 0) is 18.0 Å². The highest BCUT2D eigenvalue weighted by Gasteiger charge is 2.13. The van der Waals surface area contributed by atoms with Crippen LogP contribution in [0, 0.1) is 6.92 Å². The van der Waals surface area contributed by atoms with Gasteiger partial charge in [-0.3, -0.25) is 0 Å². The molecule has 0 aliphatic rings. The monoisotopic (exact) mass is 267 g/mol. The molecule has 0 aliphatic heterocycles. The van der Waals surface area contributed by atoms with Crippen LogP contribution in [0.3, 0.4) is 0 Å². The van der Waals surface area contributed by atoms with Gasteiger partial charge >= 0.3 is 0 Å². The second-order valence-corrected chi connectivity index (χ2v) is 4.33. The Morgan fingerprint density at radius 1 is 1.44 bits per heavy atom. The third-order valence-corrected chi connectivity index (χ3v) is 3.08. The lowest BCUT2D eigenvalue weighted by Crippen LogP contribution is -2.05. The SMILES string of the molecule is COCc1c(CO)nnn1-c1ccc(C)c(Cl)c1. The molecule has 6 heteroatoms. The van der Waals surface area contributed by atoms with E-state index in [-0.39, 0.29) is 6.61 Å². The molecule has 0 atom stereocenters. The summed E-state index contributed by atoms with van der Waals surface area (Å²) in [6, 6.07) is 5.62. The van der Waals surface area contributed by atoms with E-state index in [0.717, 1.165) is 16.9 Å². The normalized spacial score (nSPS) is 10.9. The molecule has 0 amide bonds. The summed E-state index contributed by atoms with van der Waals surface area (Å²) in [4.78, 5) is 0. The van der Waals surface area contributed by atoms with Crippen LogP contribution in [-0.4, -0.2) is 27.2 Å². The Morgan fingerprint density at radius 3 is 2.83 bits per heavy atom. The molecule has 0 spiro atoms. The van der Waals surface area contributed by atoms with Gasteiger partial charge in [0.1, 0.15) is 5.69 Å². The Hall–Kier alpha value is -1.43. The predicted molar refractivity (Wildman–Crippen MR) is 67.7 cm³/mol. The molecule has 0 saturated heterocycles. The van der Waals surface area contributed by atoms with Crippen LogP contribution in [0.5, 0.6) is 0 Å². The molecule has 5 nitrogen and oxygen atoms in total. The van der Waals surface area contributed by atoms with Gasteiger partial charge in [-0.05, 0) is 24.6 Å². The molecule has 0 aliphatic carbocycles. The molecule has 0 unspecified atom stereocenters. The highest BCUT2D eigenvalue weighted by molar-refractivity contribution is 6.31. The molecular formula is C12H14ClN3O2. The summed E-state index contributed by atoms with van der Waals surface area (Å²) in [5.74, 6) is 0. The van der Waals surface area contributed by atoms with Crippen LogP contribution in [0.1, 0.15) is 17.0 Å². The number of nitrogens with zero attached hydrogens (tertiary/aromatic N) is 3. The van der Waals surface area contributed by atoms with Crippen LogP contribution in [0.4, 0.5) is 0 Å². The summed E-state index contributed by atoms with van der Waals surface area (Å²) in [6.45, 7) is 2.09. The predicted octanol–water partition coefficient (Wildman–Crippen LogP) is 1.87. The average Bonchev–Trinajstić information content (AvgIpc) is 2.76. The summed E-state index contributed by atoms with van der Waals surface area (Å²) < 4.78 is 6.73. The number of hydrogen-bond acceptors (Lipinski definition) is 4. The van der Waals surface area contributed by atoms with E-state index >= 15 is 0 Å². The Labute approximate surface area is 110 Å². The van der Waals surface area contributed by atoms with Gasteiger partial charge in [-0.2, -0.15) is 0 Å². The van der Waals surface area contributed by atoms with Crippen LogP contribution in [0.15, 0.2) is 18.2 Å². The van der Waals surface area contributed by atoms with Crippen LogP contribution in [0.2, 0.25) is 5.02 Å². The Morgan fingerprint density at radius 2 is 2.22 bits per heavy atom. The molecule has 0 fully saturated rings. The number of ether oxygens (including phenoxy) is 1. The van der Waals surface area contributed by atoms with Crippen molar-refractivity contribution in [3.05, 3.63) is 40.2 Å². The summed E-state index contributed by atoms with van der Waals surface area (Å²) >= 11 is 6.09. The standard InChI is InChI=1S/C12H14ClN3O2/c1-8-3-4-9(5-10(8)13)16-12(7-18-2)11(6-17)14-15-16/h3-5,17H,6-7H2,1-2H3. The lowest BCUT2D eigenvalue weighted by atomic mass is 10.2. The van der Waals surface area contributed by atoms with E-state index in [4.69, 9.17) is 16.3 Å². The second kappa shape index (κ2) is 5.48. The van der Waals surface area contributed by atoms with Crippen molar-refractivity contribution in [2.45, 2.75) is 20.1 Å². The van der Waals surface area contributed by atoms with Crippen molar-refractivity contribution in [3.63, 3.8) is 0 Å². The Kier molecular flexibility index (Phi) is 3.96. The third kappa shape index (κ3) is 2.38. The van der Waals surface area contributed by atoms with Gasteiger partial charge in [0.15, 0.2) is 0 Å². The summed E-state index contributed by atoms with van der Waals surface area (Å²) in [5, 5.41) is 17.8. The smallest absolute Gasteiger partial charge is 0.114 e. The van der Waals surface area contributed by atoms with Gasteiger partial charge in [0.05, 0.1) is 24.6 Å². The summed E-state index contributed by atoms with van der Waals surface area (Å²) in [7, 11) is 1.58. The second-order valence-electron chi connectivity index (χ2n) is 3.92. The number of benzene rings is 1. The van der Waals surface area contributed by atoms with E-state index in [9.17, 15) is 5.11 Å². The van der Waals surface area contributed by atoms with Gasteiger partial charge in [0.25, 0.3) is 0 Å². The number of aromatic nitrogens is 3. The quantitative estimate of drug-likeness (QED) is 0.919. The third-order valence-electron chi connectivity index (χ3n) is 2.67. The highest BCUT2D eigenvalue weighted by atomic mass is 35.5. The number of hydrogen-bond donors (Lipinski definition) is 1. The maximum Gasteiger partial charge on any atom is 0.114 e. The number of aliphatic hydroxyl groups is 1. The summed E-state index contributed by atoms with van der Waals surface area (Å²) in [5.41, 5.74) is 3.02. The van der Waals surface area contributed by atoms with E-state index in [1.807, 2.05) is 25.1 Å². The lowest BCUT2D eigenvalue weighted by Gasteiger charge is -2.08. The van der Waals surface area contributed by atoms with Crippen molar-refractivity contribution in [3.8, 4) is 5.69 Å². The zero-order valence-corrected chi connectivity index (χ0v) is 11.0. The number of rotatable bonds is 4. The van der Waals surface area contributed by atoms with Crippen molar-refractivity contribution in [1.82, 2.24) is 15.0 Å². The van der Waals surface area contributed by atoms with E-state index in [1.165, 1.54) is 0 Å². The highest BCUT2D eigenvalue weighted by Crippen LogP contribution is 2.21. The fourth-order valence-electron chi connectivity index (χ4n) is 1.66. The molecule has 0 saturated carbocycles. The molecule has 18 heavy (non-hydrogen) atoms. The van der Waals surface area contributed by atoms with Gasteiger partial charge in [0.2, 0.25) is 0 Å². The van der Waals surface area contributed by atoms with Gasteiger partial charge in [0, 0.05) is 12.1 Å². The molecule has 0 bridgehead atoms. The first-order valence-electron chi connectivity index (χ1n) is 5.47. The van der Waals surface area contributed by atoms with E-state index in [0.29, 0.717) is 17.3 Å². The van der Waals surface area contributed by atoms with Gasteiger partial charge in [-0.1, -0.05) is 22.9 Å². The molecular weight excluding hydrogens is 254 g/mol. The van der Waals surface area contributed by atoms with Crippen molar-refractivity contribution < 1.29 is 9.84 Å². The zero-order valence-electron chi connectivity index (χ0n) is 10.2. The van der Waals surface area contributed by atoms with Crippen molar-refractivity contribution >= 4 is 11.6 Å². The lowest BCUT2D eigenvalue weighted by molar-refractivity contribution is 0.175. The van der Waals surface area contributed by atoms with E-state index in [1.54, 1.807) is 11.8 Å². The number of halogens is 1. The number of methoxy groups -OCH3 is 1. The topological polar surface area (TPSA) is 60.2 Å². The first-order valence-corrected chi connectivity index (χ1v) is 5.85. The number of aliphatic hydroxyl groups excluding tert-OH is 1. The van der Waals surface area contributed by atoms with E-state index in [2.05, 4.69) is 10.3 Å². The van der Waals surface area contributed by atoms with Crippen molar-refractivity contribution in [2.24, 2.45) is 0 Å². The molecule has 2 aromatic rings. The van der Waals surface area contributed by atoms with Crippen molar-refractivity contribution in [1.29, 1.82) is 0 Å². The Bertz CT molecular complexity index is 554. The maximum absolute atomic E-state index is 9.21. The number of aryl methyl sites for hydroxylation is 1. The van der Waals surface area contributed by atoms with Crippen LogP contribution < -0.4 is 0 Å². The maximum atomic E-state index is 9.21. The molecule has 2 rings (SSSR count). The molecule has 0 radical (unpaired) electrons. The first-order chi connectivity index (χ1) is 8.67. The molecule has 1 aromatic carbocycles. The molecule has 1 aromatic heterocycles. The average molecular weight is 268 g/mol. The minimum absolute atomic E-state index is 0.168. The molecule has 1 N–H and O–H groups in total. The van der Waals surface area contributed by atoms with Gasteiger partial charge in [-0.15, -0.1) is 5.10 Å². The first kappa shape index (κ1) is 13.0. The molecule has 96 valence electrons. The van der Waals surface area contributed by atoms with Crippen LogP contribution in [0.25, 0.3) is 5.69 Å². The minimum Gasteiger partial charge on any atom is -0.390 e. The largest absolute Gasteiger partial charge is 0.390 e. The fraction of sp³-hybridized carbons (Fsp3) is 0.333. The van der Waals surface area contributed by atoms with Gasteiger partial charge < -0.3 is 9.84 Å². The summed E-state index contributed by atoms with van der Waals surface area (Å²) in [6.07, 6.45) is 0. The van der Waals surface area contributed by atoms with Crippen molar-refractivity contribution in [2.75, 3.05) is 7.11 Å². The van der Waals surface area contributed by atoms with Crippen LogP contribution >= 0.6 is 11.6 Å².